The van der Waals surface area contributed by atoms with Gasteiger partial charge >= 0.3 is 0 Å². The Morgan fingerprint density at radius 1 is 1.39 bits per heavy atom. The van der Waals surface area contributed by atoms with Crippen molar-refractivity contribution in [2.45, 2.75) is 6.42 Å². The second-order valence-electron chi connectivity index (χ2n) is 3.61. The molecule has 0 bridgehead atoms. The van der Waals surface area contributed by atoms with Crippen LogP contribution in [-0.4, -0.2) is 29.5 Å². The van der Waals surface area contributed by atoms with Crippen molar-refractivity contribution in [3.8, 4) is 0 Å². The number of nitrogens with zero attached hydrogens (tertiary/aromatic N) is 2. The van der Waals surface area contributed by atoms with Crippen molar-refractivity contribution in [2.24, 2.45) is 0 Å². The zero-order chi connectivity index (χ0) is 12.8. The number of aromatic nitrogens is 2. The number of hydrogen-bond acceptors (Lipinski definition) is 5. The molecule has 0 unspecified atom stereocenters. The first-order valence-electron chi connectivity index (χ1n) is 5.60. The standard InChI is InChI=1S/C12H14N4OS/c1-13-9-2-4-14-10(8-9)12(17)16-5-3-11-15-6-7-18-11/h2,4,6-8H,3,5H2,1H3,(H,13,14)(H,16,17). The number of pyridine rings is 1. The lowest BCUT2D eigenvalue weighted by Gasteiger charge is -2.05. The van der Waals surface area contributed by atoms with Crippen LogP contribution < -0.4 is 10.6 Å². The highest BCUT2D eigenvalue weighted by atomic mass is 32.1. The SMILES string of the molecule is CNc1ccnc(C(=O)NCCc2nccs2)c1. The lowest BCUT2D eigenvalue weighted by molar-refractivity contribution is 0.0949. The normalized spacial score (nSPS) is 10.1. The van der Waals surface area contributed by atoms with Crippen molar-refractivity contribution >= 4 is 22.9 Å². The zero-order valence-corrected chi connectivity index (χ0v) is 10.8. The van der Waals surface area contributed by atoms with Crippen LogP contribution in [0.3, 0.4) is 0 Å². The quantitative estimate of drug-likeness (QED) is 0.858. The molecule has 2 aromatic heterocycles. The first-order chi connectivity index (χ1) is 8.79. The molecule has 2 N–H and O–H groups in total. The number of hydrogen-bond donors (Lipinski definition) is 2. The van der Waals surface area contributed by atoms with E-state index in [1.807, 2.05) is 11.4 Å². The van der Waals surface area contributed by atoms with E-state index in [9.17, 15) is 4.79 Å². The van der Waals surface area contributed by atoms with E-state index < -0.39 is 0 Å². The monoisotopic (exact) mass is 262 g/mol. The van der Waals surface area contributed by atoms with Gasteiger partial charge in [0.15, 0.2) is 0 Å². The van der Waals surface area contributed by atoms with Crippen molar-refractivity contribution in [3.63, 3.8) is 0 Å². The molecule has 1 amide bonds. The molecule has 0 saturated carbocycles. The summed E-state index contributed by atoms with van der Waals surface area (Å²) in [5.41, 5.74) is 1.29. The fourth-order valence-electron chi connectivity index (χ4n) is 1.46. The Balaban J connectivity index is 1.87. The lowest BCUT2D eigenvalue weighted by atomic mass is 10.3. The summed E-state index contributed by atoms with van der Waals surface area (Å²) >= 11 is 1.59. The summed E-state index contributed by atoms with van der Waals surface area (Å²) in [7, 11) is 1.81. The molecule has 6 heteroatoms. The van der Waals surface area contributed by atoms with Crippen LogP contribution in [0.1, 0.15) is 15.5 Å². The van der Waals surface area contributed by atoms with E-state index in [-0.39, 0.29) is 5.91 Å². The van der Waals surface area contributed by atoms with Crippen molar-refractivity contribution in [2.75, 3.05) is 18.9 Å². The summed E-state index contributed by atoms with van der Waals surface area (Å²) in [6.07, 6.45) is 4.12. The molecule has 2 rings (SSSR count). The van der Waals surface area contributed by atoms with E-state index in [0.717, 1.165) is 17.1 Å². The van der Waals surface area contributed by atoms with E-state index in [4.69, 9.17) is 0 Å². The molecular weight excluding hydrogens is 248 g/mol. The van der Waals surface area contributed by atoms with Crippen molar-refractivity contribution in [3.05, 3.63) is 40.6 Å². The predicted octanol–water partition coefficient (Wildman–Crippen LogP) is 1.55. The number of rotatable bonds is 5. The van der Waals surface area contributed by atoms with Crippen molar-refractivity contribution in [1.29, 1.82) is 0 Å². The number of thiazole rings is 1. The van der Waals surface area contributed by atoms with Crippen LogP contribution in [-0.2, 0) is 6.42 Å². The molecule has 0 atom stereocenters. The smallest absolute Gasteiger partial charge is 0.269 e. The number of carbonyl (C=O) groups is 1. The number of amides is 1. The topological polar surface area (TPSA) is 66.9 Å². The summed E-state index contributed by atoms with van der Waals surface area (Å²) in [5, 5.41) is 8.74. The molecule has 2 aromatic rings. The minimum absolute atomic E-state index is 0.163. The summed E-state index contributed by atoms with van der Waals surface area (Å²) in [5.74, 6) is -0.163. The third-order valence-corrected chi connectivity index (χ3v) is 3.23. The van der Waals surface area contributed by atoms with Gasteiger partial charge in [-0.25, -0.2) is 4.98 Å². The van der Waals surface area contributed by atoms with Gasteiger partial charge in [-0.05, 0) is 12.1 Å². The maximum absolute atomic E-state index is 11.8. The molecule has 0 saturated heterocycles. The Labute approximate surface area is 109 Å². The number of carbonyl (C=O) groups excluding carboxylic acids is 1. The van der Waals surface area contributed by atoms with Gasteiger partial charge in [0.05, 0.1) is 5.01 Å². The Morgan fingerprint density at radius 3 is 3.00 bits per heavy atom. The highest BCUT2D eigenvalue weighted by Crippen LogP contribution is 2.07. The van der Waals surface area contributed by atoms with E-state index in [0.29, 0.717) is 12.2 Å². The highest BCUT2D eigenvalue weighted by molar-refractivity contribution is 7.09. The second kappa shape index (κ2) is 6.11. The number of nitrogens with one attached hydrogen (secondary N) is 2. The molecule has 0 spiro atoms. The Hall–Kier alpha value is -1.95. The minimum atomic E-state index is -0.163. The van der Waals surface area contributed by atoms with E-state index >= 15 is 0 Å². The summed E-state index contributed by atoms with van der Waals surface area (Å²) < 4.78 is 0. The molecular formula is C12H14N4OS. The first kappa shape index (κ1) is 12.5. The van der Waals surface area contributed by atoms with Gasteiger partial charge in [0.2, 0.25) is 0 Å². The maximum atomic E-state index is 11.8. The van der Waals surface area contributed by atoms with Crippen LogP contribution in [0.25, 0.3) is 0 Å². The van der Waals surface area contributed by atoms with Crippen molar-refractivity contribution < 1.29 is 4.79 Å². The van der Waals surface area contributed by atoms with Gasteiger partial charge in [-0.15, -0.1) is 11.3 Å². The van der Waals surface area contributed by atoms with Gasteiger partial charge in [-0.1, -0.05) is 0 Å². The molecule has 94 valence electrons. The average molecular weight is 262 g/mol. The molecule has 2 heterocycles. The lowest BCUT2D eigenvalue weighted by Crippen LogP contribution is -2.26. The summed E-state index contributed by atoms with van der Waals surface area (Å²) in [6.45, 7) is 0.567. The zero-order valence-electron chi connectivity index (χ0n) is 10.0. The van der Waals surface area contributed by atoms with E-state index in [2.05, 4.69) is 20.6 Å². The highest BCUT2D eigenvalue weighted by Gasteiger charge is 2.07. The minimum Gasteiger partial charge on any atom is -0.388 e. The van der Waals surface area contributed by atoms with Gasteiger partial charge < -0.3 is 10.6 Å². The van der Waals surface area contributed by atoms with Crippen LogP contribution in [0, 0.1) is 0 Å². The first-order valence-corrected chi connectivity index (χ1v) is 6.48. The molecule has 0 aliphatic rings. The second-order valence-corrected chi connectivity index (χ2v) is 4.59. The van der Waals surface area contributed by atoms with Gasteiger partial charge in [-0.2, -0.15) is 0 Å². The fourth-order valence-corrected chi connectivity index (χ4v) is 2.08. The molecule has 18 heavy (non-hydrogen) atoms. The van der Waals surface area contributed by atoms with Gasteiger partial charge in [0.25, 0.3) is 5.91 Å². The van der Waals surface area contributed by atoms with Gasteiger partial charge in [0, 0.05) is 43.5 Å². The average Bonchev–Trinajstić information content (AvgIpc) is 2.92. The Morgan fingerprint density at radius 2 is 2.28 bits per heavy atom. The van der Waals surface area contributed by atoms with Crippen LogP contribution in [0.15, 0.2) is 29.9 Å². The fraction of sp³-hybridized carbons (Fsp3) is 0.250. The molecule has 0 aliphatic heterocycles. The summed E-state index contributed by atoms with van der Waals surface area (Å²) in [4.78, 5) is 20.0. The summed E-state index contributed by atoms with van der Waals surface area (Å²) in [6, 6.07) is 3.53. The molecule has 0 fully saturated rings. The van der Waals surface area contributed by atoms with E-state index in [1.165, 1.54) is 0 Å². The van der Waals surface area contributed by atoms with Crippen molar-refractivity contribution in [1.82, 2.24) is 15.3 Å². The van der Waals surface area contributed by atoms with Crippen LogP contribution in [0.2, 0.25) is 0 Å². The predicted molar refractivity (Wildman–Crippen MR) is 71.9 cm³/mol. The number of anilines is 1. The maximum Gasteiger partial charge on any atom is 0.269 e. The Bertz CT molecular complexity index is 513. The molecule has 0 radical (unpaired) electrons. The van der Waals surface area contributed by atoms with Crippen LogP contribution >= 0.6 is 11.3 Å². The molecule has 5 nitrogen and oxygen atoms in total. The largest absolute Gasteiger partial charge is 0.388 e. The Kier molecular flexibility index (Phi) is 4.25. The third-order valence-electron chi connectivity index (χ3n) is 2.39. The third kappa shape index (κ3) is 3.27. The van der Waals surface area contributed by atoms with Crippen LogP contribution in [0.5, 0.6) is 0 Å². The van der Waals surface area contributed by atoms with Crippen LogP contribution in [0.4, 0.5) is 5.69 Å². The molecule has 0 aliphatic carbocycles. The van der Waals surface area contributed by atoms with E-state index in [1.54, 1.807) is 36.8 Å². The van der Waals surface area contributed by atoms with Gasteiger partial charge in [0.1, 0.15) is 5.69 Å². The van der Waals surface area contributed by atoms with Gasteiger partial charge in [-0.3, -0.25) is 9.78 Å². The molecule has 0 aromatic carbocycles.